The molecular formula is C10H16N2OS. The molecule has 2 N–H and O–H groups in total. The van der Waals surface area contributed by atoms with Gasteiger partial charge in [-0.2, -0.15) is 0 Å². The van der Waals surface area contributed by atoms with Gasteiger partial charge in [0.2, 0.25) is 0 Å². The summed E-state index contributed by atoms with van der Waals surface area (Å²) in [7, 11) is 0. The predicted octanol–water partition coefficient (Wildman–Crippen LogP) is 2.40. The third-order valence-corrected chi connectivity index (χ3v) is 3.42. The summed E-state index contributed by atoms with van der Waals surface area (Å²) < 4.78 is 5.66. The maximum absolute atomic E-state index is 5.76. The Balaban J connectivity index is 2.07. The van der Waals surface area contributed by atoms with Crippen LogP contribution in [0.5, 0.6) is 0 Å². The number of hydrogen-bond donors (Lipinski definition) is 1. The maximum Gasteiger partial charge on any atom is 0.122 e. The number of rotatable bonds is 2. The first-order valence-corrected chi connectivity index (χ1v) is 5.98. The van der Waals surface area contributed by atoms with Gasteiger partial charge in [0.05, 0.1) is 5.69 Å². The van der Waals surface area contributed by atoms with Crippen molar-refractivity contribution in [2.75, 3.05) is 6.61 Å². The van der Waals surface area contributed by atoms with Crippen LogP contribution in [0.3, 0.4) is 0 Å². The zero-order chi connectivity index (χ0) is 9.97. The van der Waals surface area contributed by atoms with Crippen molar-refractivity contribution in [3.8, 4) is 0 Å². The van der Waals surface area contributed by atoms with E-state index in [1.165, 1.54) is 12.8 Å². The minimum Gasteiger partial charge on any atom is -0.371 e. The largest absolute Gasteiger partial charge is 0.371 e. The molecule has 0 amide bonds. The van der Waals surface area contributed by atoms with Gasteiger partial charge in [0.1, 0.15) is 11.1 Å². The van der Waals surface area contributed by atoms with E-state index in [-0.39, 0.29) is 12.1 Å². The molecule has 0 saturated carbocycles. The summed E-state index contributed by atoms with van der Waals surface area (Å²) in [6.45, 7) is 2.83. The summed E-state index contributed by atoms with van der Waals surface area (Å²) >= 11 is 1.67. The average Bonchev–Trinajstić information content (AvgIpc) is 2.68. The molecule has 0 aromatic carbocycles. The van der Waals surface area contributed by atoms with Crippen LogP contribution in [0.1, 0.15) is 49.0 Å². The Morgan fingerprint density at radius 1 is 1.64 bits per heavy atom. The standard InChI is InChI=1S/C10H16N2OS/c1-7(11)8-6-14-10(12-8)9-4-2-3-5-13-9/h6-7,9H,2-5,11H2,1H3. The fourth-order valence-corrected chi connectivity index (χ4v) is 2.60. The van der Waals surface area contributed by atoms with E-state index in [2.05, 4.69) is 4.98 Å². The molecule has 2 unspecified atom stereocenters. The molecule has 0 aliphatic carbocycles. The number of thiazole rings is 1. The first-order chi connectivity index (χ1) is 6.77. The summed E-state index contributed by atoms with van der Waals surface area (Å²) in [6, 6.07) is 0.0311. The fourth-order valence-electron chi connectivity index (χ4n) is 1.59. The number of ether oxygens (including phenoxy) is 1. The van der Waals surface area contributed by atoms with Crippen molar-refractivity contribution in [3.63, 3.8) is 0 Å². The van der Waals surface area contributed by atoms with E-state index in [0.29, 0.717) is 0 Å². The molecule has 1 saturated heterocycles. The molecule has 0 radical (unpaired) electrons. The van der Waals surface area contributed by atoms with E-state index in [4.69, 9.17) is 10.5 Å². The minimum atomic E-state index is 0.0311. The van der Waals surface area contributed by atoms with Gasteiger partial charge in [-0.25, -0.2) is 4.98 Å². The maximum atomic E-state index is 5.76. The van der Waals surface area contributed by atoms with Gasteiger partial charge < -0.3 is 10.5 Å². The second-order valence-corrected chi connectivity index (χ2v) is 4.64. The van der Waals surface area contributed by atoms with Crippen LogP contribution < -0.4 is 5.73 Å². The average molecular weight is 212 g/mol. The lowest BCUT2D eigenvalue weighted by atomic mass is 10.1. The third kappa shape index (κ3) is 2.13. The van der Waals surface area contributed by atoms with E-state index in [0.717, 1.165) is 23.7 Å². The van der Waals surface area contributed by atoms with Gasteiger partial charge in [-0.1, -0.05) is 0 Å². The Kier molecular flexibility index (Phi) is 3.15. The van der Waals surface area contributed by atoms with Gasteiger partial charge in [0, 0.05) is 18.0 Å². The molecule has 3 nitrogen and oxygen atoms in total. The Labute approximate surface area is 88.3 Å². The molecule has 2 atom stereocenters. The van der Waals surface area contributed by atoms with Crippen LogP contribution in [0.4, 0.5) is 0 Å². The van der Waals surface area contributed by atoms with Crippen molar-refractivity contribution in [1.29, 1.82) is 0 Å². The highest BCUT2D eigenvalue weighted by atomic mass is 32.1. The van der Waals surface area contributed by atoms with Gasteiger partial charge in [-0.3, -0.25) is 0 Å². The highest BCUT2D eigenvalue weighted by Crippen LogP contribution is 2.30. The SMILES string of the molecule is CC(N)c1csc(C2CCCCO2)n1. The zero-order valence-electron chi connectivity index (χ0n) is 8.40. The zero-order valence-corrected chi connectivity index (χ0v) is 9.22. The lowest BCUT2D eigenvalue weighted by Crippen LogP contribution is -2.12. The topological polar surface area (TPSA) is 48.1 Å². The van der Waals surface area contributed by atoms with Crippen LogP contribution in [0.15, 0.2) is 5.38 Å². The normalized spacial score (nSPS) is 24.9. The Morgan fingerprint density at radius 2 is 2.50 bits per heavy atom. The summed E-state index contributed by atoms with van der Waals surface area (Å²) in [5.41, 5.74) is 6.75. The number of nitrogens with zero attached hydrogens (tertiary/aromatic N) is 1. The van der Waals surface area contributed by atoms with Gasteiger partial charge in [-0.15, -0.1) is 11.3 Å². The molecule has 1 aromatic heterocycles. The van der Waals surface area contributed by atoms with Crippen molar-refractivity contribution in [2.45, 2.75) is 38.3 Å². The van der Waals surface area contributed by atoms with Crippen LogP contribution >= 0.6 is 11.3 Å². The van der Waals surface area contributed by atoms with Gasteiger partial charge in [0.15, 0.2) is 0 Å². The highest BCUT2D eigenvalue weighted by Gasteiger charge is 2.19. The van der Waals surface area contributed by atoms with Crippen molar-refractivity contribution in [1.82, 2.24) is 4.98 Å². The van der Waals surface area contributed by atoms with Crippen LogP contribution in [0.2, 0.25) is 0 Å². The molecule has 4 heteroatoms. The molecule has 78 valence electrons. The second-order valence-electron chi connectivity index (χ2n) is 3.75. The van der Waals surface area contributed by atoms with Crippen molar-refractivity contribution in [2.24, 2.45) is 5.73 Å². The van der Waals surface area contributed by atoms with E-state index >= 15 is 0 Å². The van der Waals surface area contributed by atoms with Crippen molar-refractivity contribution in [3.05, 3.63) is 16.1 Å². The van der Waals surface area contributed by atoms with E-state index in [1.807, 2.05) is 12.3 Å². The van der Waals surface area contributed by atoms with E-state index in [9.17, 15) is 0 Å². The lowest BCUT2D eigenvalue weighted by Gasteiger charge is -2.20. The van der Waals surface area contributed by atoms with E-state index < -0.39 is 0 Å². The highest BCUT2D eigenvalue weighted by molar-refractivity contribution is 7.09. The number of hydrogen-bond acceptors (Lipinski definition) is 4. The van der Waals surface area contributed by atoms with Gasteiger partial charge in [-0.05, 0) is 26.2 Å². The summed E-state index contributed by atoms with van der Waals surface area (Å²) in [6.07, 6.45) is 3.76. The molecule has 1 aliphatic heterocycles. The summed E-state index contributed by atoms with van der Waals surface area (Å²) in [5, 5.41) is 3.13. The molecule has 1 fully saturated rings. The predicted molar refractivity (Wildman–Crippen MR) is 57.3 cm³/mol. The summed E-state index contributed by atoms with van der Waals surface area (Å²) in [4.78, 5) is 4.50. The smallest absolute Gasteiger partial charge is 0.122 e. The quantitative estimate of drug-likeness (QED) is 0.819. The van der Waals surface area contributed by atoms with Crippen LogP contribution in [-0.4, -0.2) is 11.6 Å². The molecular weight excluding hydrogens is 196 g/mol. The third-order valence-electron chi connectivity index (χ3n) is 2.46. The minimum absolute atomic E-state index is 0.0311. The molecule has 1 aromatic rings. The first kappa shape index (κ1) is 10.1. The molecule has 14 heavy (non-hydrogen) atoms. The van der Waals surface area contributed by atoms with Crippen LogP contribution in [0, 0.1) is 0 Å². The first-order valence-electron chi connectivity index (χ1n) is 5.10. The Hall–Kier alpha value is -0.450. The Bertz CT molecular complexity index is 292. The van der Waals surface area contributed by atoms with Gasteiger partial charge in [0.25, 0.3) is 0 Å². The second kappa shape index (κ2) is 4.38. The Morgan fingerprint density at radius 3 is 3.07 bits per heavy atom. The van der Waals surface area contributed by atoms with Gasteiger partial charge >= 0.3 is 0 Å². The fraction of sp³-hybridized carbons (Fsp3) is 0.700. The molecule has 2 heterocycles. The van der Waals surface area contributed by atoms with Crippen molar-refractivity contribution < 1.29 is 4.74 Å². The van der Waals surface area contributed by atoms with E-state index in [1.54, 1.807) is 11.3 Å². The molecule has 2 rings (SSSR count). The molecule has 0 spiro atoms. The lowest BCUT2D eigenvalue weighted by molar-refractivity contribution is 0.0147. The summed E-state index contributed by atoms with van der Waals surface area (Å²) in [5.74, 6) is 0. The number of nitrogens with two attached hydrogens (primary N) is 1. The molecule has 1 aliphatic rings. The van der Waals surface area contributed by atoms with Crippen LogP contribution in [-0.2, 0) is 4.74 Å². The van der Waals surface area contributed by atoms with Crippen LogP contribution in [0.25, 0.3) is 0 Å². The molecule has 0 bridgehead atoms. The monoisotopic (exact) mass is 212 g/mol. The number of aromatic nitrogens is 1. The van der Waals surface area contributed by atoms with Crippen molar-refractivity contribution >= 4 is 11.3 Å².